The Morgan fingerprint density at radius 2 is 1.59 bits per heavy atom. The lowest BCUT2D eigenvalue weighted by Crippen LogP contribution is -2.55. The first-order chi connectivity index (χ1) is 16.6. The smallest absolute Gasteiger partial charge is 0.408 e. The zero-order chi connectivity index (χ0) is 24.2. The highest BCUT2D eigenvalue weighted by Crippen LogP contribution is 2.08. The lowest BCUT2D eigenvalue weighted by atomic mass is 10.1. The van der Waals surface area contributed by atoms with Gasteiger partial charge in [-0.2, -0.15) is 0 Å². The molecule has 34 heavy (non-hydrogen) atoms. The monoisotopic (exact) mass is 469 g/mol. The minimum absolute atomic E-state index is 0.0531. The Morgan fingerprint density at radius 3 is 2.21 bits per heavy atom. The predicted octanol–water partition coefficient (Wildman–Crippen LogP) is 1.51. The van der Waals surface area contributed by atoms with Gasteiger partial charge >= 0.3 is 12.1 Å². The zero-order valence-corrected chi connectivity index (χ0v) is 19.3. The quantitative estimate of drug-likeness (QED) is 0.508. The first kappa shape index (κ1) is 25.2. The number of ether oxygens (including phenoxy) is 3. The van der Waals surface area contributed by atoms with Gasteiger partial charge in [0.15, 0.2) is 0 Å². The molecule has 2 aromatic carbocycles. The number of benzene rings is 2. The Labute approximate surface area is 199 Å². The van der Waals surface area contributed by atoms with E-state index in [9.17, 15) is 14.4 Å². The molecular formula is C25H31N3O6. The molecule has 1 fully saturated rings. The number of nitrogens with one attached hydrogen (secondary N) is 2. The highest BCUT2D eigenvalue weighted by atomic mass is 16.5. The molecule has 0 saturated carbocycles. The molecule has 0 unspecified atom stereocenters. The third-order valence-corrected chi connectivity index (χ3v) is 5.53. The van der Waals surface area contributed by atoms with E-state index in [1.165, 1.54) is 7.11 Å². The molecule has 1 saturated heterocycles. The van der Waals surface area contributed by atoms with Crippen LogP contribution in [0.25, 0.3) is 0 Å². The third-order valence-electron chi connectivity index (χ3n) is 5.53. The highest BCUT2D eigenvalue weighted by molar-refractivity contribution is 5.86. The van der Waals surface area contributed by atoms with Crippen molar-refractivity contribution < 1.29 is 28.6 Å². The first-order valence-corrected chi connectivity index (χ1v) is 11.3. The summed E-state index contributed by atoms with van der Waals surface area (Å²) in [4.78, 5) is 39.8. The van der Waals surface area contributed by atoms with Crippen LogP contribution in [0.2, 0.25) is 0 Å². The summed E-state index contributed by atoms with van der Waals surface area (Å²) in [6.45, 7) is 2.28. The molecule has 2 amide bonds. The molecule has 182 valence electrons. The number of carbonyl (C=O) groups excluding carboxylic acids is 3. The molecule has 1 aliphatic heterocycles. The molecule has 0 aliphatic carbocycles. The number of hydrogen-bond acceptors (Lipinski definition) is 7. The van der Waals surface area contributed by atoms with Crippen LogP contribution in [-0.2, 0) is 36.8 Å². The fourth-order valence-corrected chi connectivity index (χ4v) is 3.67. The van der Waals surface area contributed by atoms with Gasteiger partial charge in [0.05, 0.1) is 20.3 Å². The number of alkyl carbamates (subject to hydrolysis) is 1. The van der Waals surface area contributed by atoms with Crippen molar-refractivity contribution in [1.82, 2.24) is 15.5 Å². The van der Waals surface area contributed by atoms with Crippen LogP contribution in [0.15, 0.2) is 60.7 Å². The van der Waals surface area contributed by atoms with E-state index < -0.39 is 30.1 Å². The number of amides is 2. The van der Waals surface area contributed by atoms with Gasteiger partial charge in [-0.05, 0) is 11.1 Å². The molecule has 0 spiro atoms. The number of morpholine rings is 1. The number of methoxy groups -OCH3 is 1. The average molecular weight is 470 g/mol. The van der Waals surface area contributed by atoms with Crippen LogP contribution in [0.5, 0.6) is 0 Å². The van der Waals surface area contributed by atoms with Gasteiger partial charge in [0.25, 0.3) is 0 Å². The van der Waals surface area contributed by atoms with E-state index in [0.717, 1.165) is 11.1 Å². The second-order valence-electron chi connectivity index (χ2n) is 7.88. The Hall–Kier alpha value is -3.43. The van der Waals surface area contributed by atoms with E-state index in [2.05, 4.69) is 10.6 Å². The molecule has 0 bridgehead atoms. The molecule has 0 radical (unpaired) electrons. The van der Waals surface area contributed by atoms with Gasteiger partial charge in [0.2, 0.25) is 5.91 Å². The van der Waals surface area contributed by atoms with E-state index in [1.54, 1.807) is 0 Å². The van der Waals surface area contributed by atoms with Crippen molar-refractivity contribution in [2.75, 3.05) is 40.0 Å². The second-order valence-corrected chi connectivity index (χ2v) is 7.88. The average Bonchev–Trinajstić information content (AvgIpc) is 2.88. The van der Waals surface area contributed by atoms with Crippen molar-refractivity contribution in [2.24, 2.45) is 0 Å². The topological polar surface area (TPSA) is 106 Å². The summed E-state index contributed by atoms with van der Waals surface area (Å²) < 4.78 is 15.6. The van der Waals surface area contributed by atoms with Crippen molar-refractivity contribution in [3.63, 3.8) is 0 Å². The van der Waals surface area contributed by atoms with Crippen molar-refractivity contribution in [3.8, 4) is 0 Å². The van der Waals surface area contributed by atoms with Gasteiger partial charge < -0.3 is 24.8 Å². The number of hydrogen-bond donors (Lipinski definition) is 2. The number of carbonyl (C=O) groups is 3. The molecule has 2 atom stereocenters. The summed E-state index contributed by atoms with van der Waals surface area (Å²) in [5.74, 6) is -0.847. The molecule has 9 nitrogen and oxygen atoms in total. The van der Waals surface area contributed by atoms with Crippen molar-refractivity contribution in [1.29, 1.82) is 0 Å². The lowest BCUT2D eigenvalue weighted by molar-refractivity contribution is -0.148. The number of nitrogens with zero attached hydrogens (tertiary/aromatic N) is 1. The molecule has 9 heteroatoms. The maximum Gasteiger partial charge on any atom is 0.408 e. The van der Waals surface area contributed by atoms with Crippen LogP contribution < -0.4 is 10.6 Å². The Balaban J connectivity index is 1.63. The molecular weight excluding hydrogens is 438 g/mol. The van der Waals surface area contributed by atoms with Crippen LogP contribution in [0.3, 0.4) is 0 Å². The third kappa shape index (κ3) is 7.86. The Kier molecular flexibility index (Phi) is 9.87. The zero-order valence-electron chi connectivity index (χ0n) is 19.3. The minimum atomic E-state index is -0.881. The van der Waals surface area contributed by atoms with Crippen LogP contribution in [-0.4, -0.2) is 74.9 Å². The summed E-state index contributed by atoms with van der Waals surface area (Å²) in [6.07, 6.45) is -0.425. The Morgan fingerprint density at radius 1 is 0.971 bits per heavy atom. The summed E-state index contributed by atoms with van der Waals surface area (Å²) in [6, 6.07) is 17.1. The van der Waals surface area contributed by atoms with E-state index in [-0.39, 0.29) is 19.6 Å². The standard InChI is InChI=1S/C25H31N3O6/c1-32-24(30)22(28-12-14-33-15-13-28)17-26-23(29)21(16-19-8-4-2-5-9-19)27-25(31)34-18-20-10-6-3-7-11-20/h2-11,21-22H,12-18H2,1H3,(H,26,29)(H,27,31)/t21-,22-/m0/s1. The summed E-state index contributed by atoms with van der Waals surface area (Å²) >= 11 is 0. The van der Waals surface area contributed by atoms with Crippen LogP contribution >= 0.6 is 0 Å². The molecule has 2 aromatic rings. The number of esters is 1. The van der Waals surface area contributed by atoms with Crippen LogP contribution in [0.1, 0.15) is 11.1 Å². The second kappa shape index (κ2) is 13.3. The van der Waals surface area contributed by atoms with E-state index in [4.69, 9.17) is 14.2 Å². The number of rotatable bonds is 10. The molecule has 1 heterocycles. The van der Waals surface area contributed by atoms with Crippen molar-refractivity contribution in [3.05, 3.63) is 71.8 Å². The molecule has 2 N–H and O–H groups in total. The van der Waals surface area contributed by atoms with Crippen LogP contribution in [0.4, 0.5) is 4.79 Å². The first-order valence-electron chi connectivity index (χ1n) is 11.3. The molecule has 0 aromatic heterocycles. The normalized spacial score (nSPS) is 15.6. The SMILES string of the molecule is COC(=O)[C@H](CNC(=O)[C@H](Cc1ccccc1)NC(=O)OCc1ccccc1)N1CCOCC1. The maximum absolute atomic E-state index is 13.1. The maximum atomic E-state index is 13.1. The minimum Gasteiger partial charge on any atom is -0.468 e. The summed E-state index contributed by atoms with van der Waals surface area (Å²) in [5, 5.41) is 5.46. The van der Waals surface area contributed by atoms with Gasteiger partial charge in [0.1, 0.15) is 18.7 Å². The van der Waals surface area contributed by atoms with Crippen molar-refractivity contribution >= 4 is 18.0 Å². The van der Waals surface area contributed by atoms with Crippen molar-refractivity contribution in [2.45, 2.75) is 25.1 Å². The summed E-state index contributed by atoms with van der Waals surface area (Å²) in [5.41, 5.74) is 1.72. The molecule has 3 rings (SSSR count). The van der Waals surface area contributed by atoms with Gasteiger partial charge in [-0.3, -0.25) is 14.5 Å². The Bertz CT molecular complexity index is 919. The van der Waals surface area contributed by atoms with Gasteiger partial charge in [-0.25, -0.2) is 4.79 Å². The van der Waals surface area contributed by atoms with E-state index in [1.807, 2.05) is 65.6 Å². The van der Waals surface area contributed by atoms with Gasteiger partial charge in [-0.15, -0.1) is 0 Å². The largest absolute Gasteiger partial charge is 0.468 e. The fraction of sp³-hybridized carbons (Fsp3) is 0.400. The van der Waals surface area contributed by atoms with E-state index in [0.29, 0.717) is 26.3 Å². The fourth-order valence-electron chi connectivity index (χ4n) is 3.67. The summed E-state index contributed by atoms with van der Waals surface area (Å²) in [7, 11) is 1.32. The predicted molar refractivity (Wildman–Crippen MR) is 125 cm³/mol. The van der Waals surface area contributed by atoms with E-state index >= 15 is 0 Å². The highest BCUT2D eigenvalue weighted by Gasteiger charge is 2.30. The van der Waals surface area contributed by atoms with Crippen LogP contribution in [0, 0.1) is 0 Å². The van der Waals surface area contributed by atoms with Gasteiger partial charge in [0, 0.05) is 26.1 Å². The lowest BCUT2D eigenvalue weighted by Gasteiger charge is -2.33. The van der Waals surface area contributed by atoms with Gasteiger partial charge in [-0.1, -0.05) is 60.7 Å². The molecule has 1 aliphatic rings.